The van der Waals surface area contributed by atoms with Crippen LogP contribution >= 0.6 is 0 Å². The van der Waals surface area contributed by atoms with Gasteiger partial charge in [0.2, 0.25) is 0 Å². The Morgan fingerprint density at radius 2 is 1.10 bits per heavy atom. The average Bonchev–Trinajstić information content (AvgIpc) is 3.84. The molecular formula is C54H35N3O2. The maximum Gasteiger partial charge on any atom is 0.164 e. The Bertz CT molecular complexity index is 3380. The molecule has 0 saturated carbocycles. The molecule has 10 aromatic rings. The molecule has 3 heterocycles. The van der Waals surface area contributed by atoms with Gasteiger partial charge in [0.15, 0.2) is 17.5 Å². The van der Waals surface area contributed by atoms with E-state index in [2.05, 4.69) is 171 Å². The minimum Gasteiger partial charge on any atom is -0.484 e. The number of furan rings is 1. The number of benzene rings is 8. The molecule has 5 nitrogen and oxygen atoms in total. The van der Waals surface area contributed by atoms with Gasteiger partial charge in [-0.3, -0.25) is 0 Å². The normalized spacial score (nSPS) is 17.0. The van der Waals surface area contributed by atoms with Crippen LogP contribution in [0.3, 0.4) is 0 Å². The van der Waals surface area contributed by atoms with Crippen molar-refractivity contribution in [2.45, 2.75) is 18.4 Å². The minimum absolute atomic E-state index is 0.238. The van der Waals surface area contributed by atoms with Crippen LogP contribution in [0.15, 0.2) is 193 Å². The fraction of sp³-hybridized carbons (Fsp3) is 0.0556. The third-order valence-electron chi connectivity index (χ3n) is 12.2. The summed E-state index contributed by atoms with van der Waals surface area (Å²) in [5.41, 5.74) is 9.56. The van der Waals surface area contributed by atoms with Gasteiger partial charge in [-0.1, -0.05) is 164 Å². The van der Waals surface area contributed by atoms with Crippen LogP contribution in [0, 0.1) is 0 Å². The molecule has 278 valence electrons. The van der Waals surface area contributed by atoms with Gasteiger partial charge in [-0.05, 0) is 69.4 Å². The molecule has 1 aliphatic heterocycles. The van der Waals surface area contributed by atoms with Crippen LogP contribution in [0.5, 0.6) is 5.75 Å². The van der Waals surface area contributed by atoms with Crippen molar-refractivity contribution < 1.29 is 9.15 Å². The Labute approximate surface area is 340 Å². The second-order valence-electron chi connectivity index (χ2n) is 15.7. The van der Waals surface area contributed by atoms with Gasteiger partial charge in [0.1, 0.15) is 23.0 Å². The van der Waals surface area contributed by atoms with Gasteiger partial charge < -0.3 is 9.15 Å². The number of rotatable bonds is 5. The molecule has 5 heteroatoms. The lowest BCUT2D eigenvalue weighted by Crippen LogP contribution is -2.36. The number of aromatic nitrogens is 3. The van der Waals surface area contributed by atoms with Crippen LogP contribution in [-0.4, -0.2) is 21.1 Å². The van der Waals surface area contributed by atoms with Crippen LogP contribution in [0.2, 0.25) is 0 Å². The lowest BCUT2D eigenvalue weighted by Gasteiger charge is -2.32. The van der Waals surface area contributed by atoms with Gasteiger partial charge in [-0.2, -0.15) is 0 Å². The van der Waals surface area contributed by atoms with E-state index in [1.165, 1.54) is 16.3 Å². The second-order valence-corrected chi connectivity index (χ2v) is 15.7. The van der Waals surface area contributed by atoms with Crippen molar-refractivity contribution in [1.29, 1.82) is 0 Å². The Morgan fingerprint density at radius 1 is 0.492 bits per heavy atom. The molecule has 59 heavy (non-hydrogen) atoms. The summed E-state index contributed by atoms with van der Waals surface area (Å²) < 4.78 is 13.6. The van der Waals surface area contributed by atoms with Crippen molar-refractivity contribution in [3.8, 4) is 51.0 Å². The maximum atomic E-state index is 6.95. The first-order chi connectivity index (χ1) is 29.1. The maximum absolute atomic E-state index is 6.95. The zero-order valence-electron chi connectivity index (χ0n) is 32.1. The highest BCUT2D eigenvalue weighted by Crippen LogP contribution is 2.54. The summed E-state index contributed by atoms with van der Waals surface area (Å²) in [6.45, 7) is 2.30. The summed E-state index contributed by atoms with van der Waals surface area (Å²) in [5, 5.41) is 6.68. The zero-order chi connectivity index (χ0) is 39.1. The smallest absolute Gasteiger partial charge is 0.164 e. The van der Waals surface area contributed by atoms with Gasteiger partial charge in [-0.15, -0.1) is 0 Å². The Balaban J connectivity index is 1.04. The molecular weight excluding hydrogens is 723 g/mol. The Morgan fingerprint density at radius 3 is 1.92 bits per heavy atom. The van der Waals surface area contributed by atoms with E-state index >= 15 is 0 Å². The quantitative estimate of drug-likeness (QED) is 0.175. The minimum atomic E-state index is -0.376. The van der Waals surface area contributed by atoms with Crippen molar-refractivity contribution in [2.24, 2.45) is 0 Å². The molecule has 12 rings (SSSR count). The third kappa shape index (κ3) is 5.28. The van der Waals surface area contributed by atoms with Gasteiger partial charge in [0, 0.05) is 38.6 Å². The predicted molar refractivity (Wildman–Crippen MR) is 239 cm³/mol. The number of hydrogen-bond donors (Lipinski definition) is 0. The second kappa shape index (κ2) is 12.9. The fourth-order valence-electron chi connectivity index (χ4n) is 9.33. The standard InChI is InChI=1S/C54H35N3O2/c1-54-31-11-20-42(50(54)59-46-30-29-36-15-7-8-17-40(36)49(46)54)41-18-9-21-44-47(41)48-43(19-10-22-45(48)58-44)53-56-51(37-26-23-35(24-27-37)33-12-3-2-4-13-33)55-52(57-53)39-28-25-34-14-5-6-16-38(34)32-39/h2-32,50H,1H3. The van der Waals surface area contributed by atoms with Crippen molar-refractivity contribution in [2.75, 3.05) is 0 Å². The zero-order valence-corrected chi connectivity index (χ0v) is 32.1. The lowest BCUT2D eigenvalue weighted by atomic mass is 9.71. The van der Waals surface area contributed by atoms with Gasteiger partial charge in [0.05, 0.1) is 5.41 Å². The molecule has 2 unspecified atom stereocenters. The summed E-state index contributed by atoms with van der Waals surface area (Å²) in [6, 6.07) is 59.0. The van der Waals surface area contributed by atoms with Crippen LogP contribution in [0.4, 0.5) is 0 Å². The third-order valence-corrected chi connectivity index (χ3v) is 12.2. The molecule has 0 amide bonds. The van der Waals surface area contributed by atoms with E-state index in [1.54, 1.807) is 0 Å². The summed E-state index contributed by atoms with van der Waals surface area (Å²) in [7, 11) is 0. The molecule has 2 aliphatic rings. The highest BCUT2D eigenvalue weighted by Gasteiger charge is 2.48. The topological polar surface area (TPSA) is 61.0 Å². The van der Waals surface area contributed by atoms with Gasteiger partial charge >= 0.3 is 0 Å². The van der Waals surface area contributed by atoms with E-state index in [0.717, 1.165) is 77.4 Å². The number of fused-ring (bicyclic) bond motifs is 9. The van der Waals surface area contributed by atoms with Gasteiger partial charge in [-0.25, -0.2) is 15.0 Å². The monoisotopic (exact) mass is 757 g/mol. The summed E-state index contributed by atoms with van der Waals surface area (Å²) in [4.78, 5) is 15.6. The first-order valence-corrected chi connectivity index (χ1v) is 20.0. The number of ether oxygens (including phenoxy) is 1. The van der Waals surface area contributed by atoms with Crippen molar-refractivity contribution in [3.63, 3.8) is 0 Å². The van der Waals surface area contributed by atoms with Crippen LogP contribution in [-0.2, 0) is 5.41 Å². The Kier molecular flexibility index (Phi) is 7.35. The van der Waals surface area contributed by atoms with E-state index in [0.29, 0.717) is 17.5 Å². The lowest BCUT2D eigenvalue weighted by molar-refractivity contribution is 0.238. The van der Waals surface area contributed by atoms with Crippen LogP contribution < -0.4 is 4.74 Å². The molecule has 0 fully saturated rings. The first kappa shape index (κ1) is 33.5. The van der Waals surface area contributed by atoms with E-state index < -0.39 is 0 Å². The summed E-state index contributed by atoms with van der Waals surface area (Å²) in [5.74, 6) is 2.71. The molecule has 1 aliphatic carbocycles. The molecule has 0 spiro atoms. The van der Waals surface area contributed by atoms with Crippen molar-refractivity contribution in [3.05, 3.63) is 199 Å². The average molecular weight is 758 g/mol. The molecule has 2 aromatic heterocycles. The predicted octanol–water partition coefficient (Wildman–Crippen LogP) is 13.4. The van der Waals surface area contributed by atoms with Crippen molar-refractivity contribution in [1.82, 2.24) is 15.0 Å². The van der Waals surface area contributed by atoms with Crippen molar-refractivity contribution >= 4 is 49.1 Å². The van der Waals surface area contributed by atoms with Crippen LogP contribution in [0.25, 0.3) is 94.3 Å². The molecule has 0 bridgehead atoms. The summed E-state index contributed by atoms with van der Waals surface area (Å²) in [6.07, 6.45) is 6.45. The molecule has 8 aromatic carbocycles. The SMILES string of the molecule is CC12C=CC=C(c3cccc4oc5cccc(-c6nc(-c7ccc(-c8ccccc8)cc7)nc(-c7ccc8ccccc8c7)n6)c5c34)C1Oc1ccc3ccccc3c12. The fourth-order valence-corrected chi connectivity index (χ4v) is 9.33. The number of hydrogen-bond acceptors (Lipinski definition) is 5. The molecule has 0 saturated heterocycles. The number of allylic oxidation sites excluding steroid dienone is 2. The van der Waals surface area contributed by atoms with Crippen LogP contribution in [0.1, 0.15) is 18.1 Å². The van der Waals surface area contributed by atoms with E-state index in [9.17, 15) is 0 Å². The van der Waals surface area contributed by atoms with Gasteiger partial charge in [0.25, 0.3) is 0 Å². The summed E-state index contributed by atoms with van der Waals surface area (Å²) >= 11 is 0. The highest BCUT2D eigenvalue weighted by molar-refractivity contribution is 6.16. The number of nitrogens with zero attached hydrogens (tertiary/aromatic N) is 3. The highest BCUT2D eigenvalue weighted by atomic mass is 16.5. The van der Waals surface area contributed by atoms with E-state index in [1.807, 2.05) is 24.3 Å². The molecule has 0 N–H and O–H groups in total. The molecule has 2 atom stereocenters. The first-order valence-electron chi connectivity index (χ1n) is 20.0. The van der Waals surface area contributed by atoms with E-state index in [4.69, 9.17) is 24.1 Å². The van der Waals surface area contributed by atoms with E-state index in [-0.39, 0.29) is 11.5 Å². The largest absolute Gasteiger partial charge is 0.484 e. The molecule has 0 radical (unpaired) electrons. The Hall–Kier alpha value is -7.63.